The van der Waals surface area contributed by atoms with Crippen molar-refractivity contribution < 1.29 is 4.79 Å². The van der Waals surface area contributed by atoms with Crippen molar-refractivity contribution in [1.82, 2.24) is 15.2 Å². The first-order chi connectivity index (χ1) is 8.20. The van der Waals surface area contributed by atoms with E-state index in [1.54, 1.807) is 11.1 Å². The minimum absolute atomic E-state index is 0.0221. The van der Waals surface area contributed by atoms with Crippen LogP contribution in [0.5, 0.6) is 0 Å². The largest absolute Gasteiger partial charge is 0.336 e. The predicted molar refractivity (Wildman–Crippen MR) is 69.9 cm³/mol. The third-order valence-corrected chi connectivity index (χ3v) is 3.74. The monoisotopic (exact) mass is 297 g/mol. The van der Waals surface area contributed by atoms with E-state index in [4.69, 9.17) is 0 Å². The molecule has 1 aliphatic rings. The molecule has 2 heterocycles. The molecule has 2 rings (SSSR count). The van der Waals surface area contributed by atoms with Crippen LogP contribution in [0.3, 0.4) is 0 Å². The molecule has 1 amide bonds. The Bertz CT molecular complexity index is 404. The van der Waals surface area contributed by atoms with Gasteiger partial charge in [0.25, 0.3) is 5.91 Å². The van der Waals surface area contributed by atoms with Crippen molar-refractivity contribution in [2.45, 2.75) is 18.9 Å². The van der Waals surface area contributed by atoms with Crippen molar-refractivity contribution in [2.24, 2.45) is 0 Å². The maximum absolute atomic E-state index is 12.3. The number of pyridine rings is 1. The minimum Gasteiger partial charge on any atom is -0.336 e. The van der Waals surface area contributed by atoms with Gasteiger partial charge in [-0.15, -0.1) is 0 Å². The molecule has 0 bridgehead atoms. The van der Waals surface area contributed by atoms with E-state index in [-0.39, 0.29) is 11.9 Å². The predicted octanol–water partition coefficient (Wildman–Crippen LogP) is 1.67. The first-order valence-corrected chi connectivity index (χ1v) is 6.58. The van der Waals surface area contributed by atoms with Crippen LogP contribution in [0.2, 0.25) is 0 Å². The van der Waals surface area contributed by atoms with E-state index < -0.39 is 0 Å². The number of hydrogen-bond donors (Lipinski definition) is 1. The van der Waals surface area contributed by atoms with Crippen molar-refractivity contribution in [3.63, 3.8) is 0 Å². The summed E-state index contributed by atoms with van der Waals surface area (Å²) in [4.78, 5) is 18.2. The molecule has 92 valence electrons. The van der Waals surface area contributed by atoms with E-state index in [9.17, 15) is 4.79 Å². The van der Waals surface area contributed by atoms with E-state index in [0.717, 1.165) is 30.4 Å². The molecule has 4 nitrogen and oxygen atoms in total. The molecular weight excluding hydrogens is 282 g/mol. The molecule has 1 unspecified atom stereocenters. The summed E-state index contributed by atoms with van der Waals surface area (Å²) in [5.74, 6) is -0.0221. The van der Waals surface area contributed by atoms with Gasteiger partial charge in [0.05, 0.1) is 0 Å². The van der Waals surface area contributed by atoms with Gasteiger partial charge in [0.1, 0.15) is 5.69 Å². The lowest BCUT2D eigenvalue weighted by Gasteiger charge is -2.31. The van der Waals surface area contributed by atoms with Crippen LogP contribution in [0, 0.1) is 0 Å². The Morgan fingerprint density at radius 2 is 2.47 bits per heavy atom. The van der Waals surface area contributed by atoms with E-state index >= 15 is 0 Å². The number of likely N-dealkylation sites (N-methyl/N-ethyl adjacent to an activating group) is 1. The molecule has 0 aromatic carbocycles. The van der Waals surface area contributed by atoms with Crippen LogP contribution in [-0.4, -0.2) is 42.0 Å². The Morgan fingerprint density at radius 3 is 3.12 bits per heavy atom. The highest BCUT2D eigenvalue weighted by Crippen LogP contribution is 2.17. The summed E-state index contributed by atoms with van der Waals surface area (Å²) in [7, 11) is 1.85. The fraction of sp³-hybridized carbons (Fsp3) is 0.500. The zero-order valence-electron chi connectivity index (χ0n) is 9.82. The maximum Gasteiger partial charge on any atom is 0.273 e. The van der Waals surface area contributed by atoms with Gasteiger partial charge in [0, 0.05) is 30.3 Å². The number of halogens is 1. The second kappa shape index (κ2) is 5.60. The van der Waals surface area contributed by atoms with Crippen LogP contribution >= 0.6 is 15.9 Å². The van der Waals surface area contributed by atoms with Crippen LogP contribution in [0.15, 0.2) is 22.8 Å². The lowest BCUT2D eigenvalue weighted by Crippen LogP contribution is -2.46. The molecule has 1 N–H and O–H groups in total. The summed E-state index contributed by atoms with van der Waals surface area (Å²) >= 11 is 3.36. The molecular formula is C12H16BrN3O. The average Bonchev–Trinajstić information content (AvgIpc) is 2.39. The van der Waals surface area contributed by atoms with Crippen LogP contribution in [0.25, 0.3) is 0 Å². The van der Waals surface area contributed by atoms with E-state index in [1.165, 1.54) is 0 Å². The van der Waals surface area contributed by atoms with Crippen LogP contribution in [0.4, 0.5) is 0 Å². The number of rotatable bonds is 2. The Labute approximate surface area is 110 Å². The number of carbonyl (C=O) groups is 1. The summed E-state index contributed by atoms with van der Waals surface area (Å²) < 4.78 is 0.751. The summed E-state index contributed by atoms with van der Waals surface area (Å²) in [5, 5.41) is 3.31. The second-order valence-electron chi connectivity index (χ2n) is 4.25. The number of nitrogens with zero attached hydrogens (tertiary/aromatic N) is 2. The maximum atomic E-state index is 12.3. The number of amides is 1. The number of aromatic nitrogens is 1. The fourth-order valence-corrected chi connectivity index (χ4v) is 2.46. The Hall–Kier alpha value is -0.940. The summed E-state index contributed by atoms with van der Waals surface area (Å²) in [6, 6.07) is 3.92. The van der Waals surface area contributed by atoms with Gasteiger partial charge < -0.3 is 10.2 Å². The Balaban J connectivity index is 2.11. The molecule has 1 aromatic heterocycles. The summed E-state index contributed by atoms with van der Waals surface area (Å²) in [6.07, 6.45) is 3.82. The highest BCUT2D eigenvalue weighted by molar-refractivity contribution is 9.10. The highest BCUT2D eigenvalue weighted by atomic mass is 79.9. The molecule has 0 saturated carbocycles. The summed E-state index contributed by atoms with van der Waals surface area (Å²) in [6.45, 7) is 1.92. The first-order valence-electron chi connectivity index (χ1n) is 5.78. The number of carbonyl (C=O) groups excluding carboxylic acids is 1. The van der Waals surface area contributed by atoms with Crippen molar-refractivity contribution in [1.29, 1.82) is 0 Å². The van der Waals surface area contributed by atoms with Gasteiger partial charge in [-0.25, -0.2) is 4.98 Å². The molecule has 1 saturated heterocycles. The highest BCUT2D eigenvalue weighted by Gasteiger charge is 2.24. The third-order valence-electron chi connectivity index (χ3n) is 3.10. The minimum atomic E-state index is -0.0221. The quantitative estimate of drug-likeness (QED) is 0.903. The molecule has 1 atom stereocenters. The van der Waals surface area contributed by atoms with E-state index in [1.807, 2.05) is 19.2 Å². The van der Waals surface area contributed by atoms with Gasteiger partial charge in [-0.2, -0.15) is 0 Å². The lowest BCUT2D eigenvalue weighted by molar-refractivity contribution is 0.0701. The fourth-order valence-electron chi connectivity index (χ4n) is 2.04. The molecule has 1 aliphatic heterocycles. The Kier molecular flexibility index (Phi) is 4.12. The third kappa shape index (κ3) is 2.84. The topological polar surface area (TPSA) is 45.2 Å². The van der Waals surface area contributed by atoms with Gasteiger partial charge in [-0.3, -0.25) is 4.79 Å². The molecule has 5 heteroatoms. The number of hydrogen-bond acceptors (Lipinski definition) is 3. The van der Waals surface area contributed by atoms with Crippen molar-refractivity contribution in [3.05, 3.63) is 28.5 Å². The summed E-state index contributed by atoms with van der Waals surface area (Å²) in [5.41, 5.74) is 0.487. The molecule has 17 heavy (non-hydrogen) atoms. The van der Waals surface area contributed by atoms with Crippen molar-refractivity contribution >= 4 is 21.8 Å². The van der Waals surface area contributed by atoms with Crippen molar-refractivity contribution in [3.8, 4) is 0 Å². The second-order valence-corrected chi connectivity index (χ2v) is 5.10. The van der Waals surface area contributed by atoms with Gasteiger partial charge >= 0.3 is 0 Å². The standard InChI is InChI=1S/C12H16BrN3O/c1-16(9-4-2-6-14-8-9)12(17)11-10(13)5-3-7-15-11/h3,5,7,9,14H,2,4,6,8H2,1H3. The molecule has 0 radical (unpaired) electrons. The molecule has 0 spiro atoms. The van der Waals surface area contributed by atoms with Crippen molar-refractivity contribution in [2.75, 3.05) is 20.1 Å². The first kappa shape index (κ1) is 12.5. The van der Waals surface area contributed by atoms with E-state index in [0.29, 0.717) is 5.69 Å². The zero-order chi connectivity index (χ0) is 12.3. The molecule has 1 aromatic rings. The lowest BCUT2D eigenvalue weighted by atomic mass is 10.1. The molecule has 1 fully saturated rings. The smallest absolute Gasteiger partial charge is 0.273 e. The number of piperidine rings is 1. The van der Waals surface area contributed by atoms with Gasteiger partial charge in [0.2, 0.25) is 0 Å². The van der Waals surface area contributed by atoms with Crippen LogP contribution < -0.4 is 5.32 Å². The van der Waals surface area contributed by atoms with Crippen LogP contribution in [-0.2, 0) is 0 Å². The SMILES string of the molecule is CN(C(=O)c1ncccc1Br)C1CCCNC1. The van der Waals surface area contributed by atoms with E-state index in [2.05, 4.69) is 26.2 Å². The average molecular weight is 298 g/mol. The van der Waals surface area contributed by atoms with Crippen LogP contribution in [0.1, 0.15) is 23.3 Å². The Morgan fingerprint density at radius 1 is 1.65 bits per heavy atom. The van der Waals surface area contributed by atoms with Gasteiger partial charge in [-0.1, -0.05) is 0 Å². The molecule has 0 aliphatic carbocycles. The van der Waals surface area contributed by atoms with Gasteiger partial charge in [0.15, 0.2) is 0 Å². The zero-order valence-corrected chi connectivity index (χ0v) is 11.4. The van der Waals surface area contributed by atoms with Gasteiger partial charge in [-0.05, 0) is 47.4 Å². The normalized spacial score (nSPS) is 20.0. The number of nitrogens with one attached hydrogen (secondary N) is 1.